The Labute approximate surface area is 508 Å². The lowest BCUT2D eigenvalue weighted by atomic mass is 10.0. The van der Waals surface area contributed by atoms with Crippen molar-refractivity contribution in [3.05, 3.63) is 109 Å². The van der Waals surface area contributed by atoms with Crippen molar-refractivity contribution in [2.45, 2.75) is 341 Å². The normalized spacial score (nSPS) is 12.8. The molecule has 6 nitrogen and oxygen atoms in total. The summed E-state index contributed by atoms with van der Waals surface area (Å²) < 4.78 is 17.0. The Kier molecular flexibility index (Phi) is 66.2. The van der Waals surface area contributed by atoms with Crippen molar-refractivity contribution in [2.24, 2.45) is 0 Å². The van der Waals surface area contributed by atoms with E-state index in [4.69, 9.17) is 14.2 Å². The molecule has 0 amide bonds. The molecule has 0 radical (unpaired) electrons. The van der Waals surface area contributed by atoms with E-state index >= 15 is 0 Å². The van der Waals surface area contributed by atoms with E-state index in [2.05, 4.69) is 130 Å². The zero-order valence-electron chi connectivity index (χ0n) is 54.0. The van der Waals surface area contributed by atoms with Gasteiger partial charge in [-0.3, -0.25) is 14.4 Å². The van der Waals surface area contributed by atoms with Gasteiger partial charge in [-0.15, -0.1) is 0 Å². The van der Waals surface area contributed by atoms with Gasteiger partial charge in [-0.2, -0.15) is 0 Å². The summed E-state index contributed by atoms with van der Waals surface area (Å²) in [6.45, 7) is 6.54. The minimum absolute atomic E-state index is 0.0797. The maximum atomic E-state index is 12.9. The molecule has 0 heterocycles. The molecule has 82 heavy (non-hydrogen) atoms. The zero-order chi connectivity index (χ0) is 59.2. The molecule has 0 saturated carbocycles. The van der Waals surface area contributed by atoms with Crippen LogP contribution in [0.1, 0.15) is 335 Å². The summed E-state index contributed by atoms with van der Waals surface area (Å²) in [6, 6.07) is 0. The van der Waals surface area contributed by atoms with Gasteiger partial charge in [-0.05, 0) is 109 Å². The van der Waals surface area contributed by atoms with Crippen LogP contribution in [0.5, 0.6) is 0 Å². The predicted octanol–water partition coefficient (Wildman–Crippen LogP) is 24.2. The van der Waals surface area contributed by atoms with Gasteiger partial charge in [-0.1, -0.05) is 316 Å². The third-order valence-corrected chi connectivity index (χ3v) is 15.0. The average Bonchev–Trinajstić information content (AvgIpc) is 3.47. The summed E-state index contributed by atoms with van der Waals surface area (Å²) in [4.78, 5) is 38.4. The number of ether oxygens (including phenoxy) is 3. The van der Waals surface area contributed by atoms with Gasteiger partial charge in [0.25, 0.3) is 0 Å². The highest BCUT2D eigenvalue weighted by Crippen LogP contribution is 2.17. The lowest BCUT2D eigenvalue weighted by Crippen LogP contribution is -2.30. The Morgan fingerprint density at radius 1 is 0.256 bits per heavy atom. The fourth-order valence-electron chi connectivity index (χ4n) is 9.81. The molecule has 1 atom stereocenters. The van der Waals surface area contributed by atoms with E-state index in [9.17, 15) is 14.4 Å². The SMILES string of the molecule is CC/C=C\C/C=C\C/C=C\C/C=C\C/C=C\C/C=C\C/C=C\CCCCCCCCCC(=O)OCC(COC(=O)CCCCCCCCCCCCCC)OC(=O)CCCCCCCCCCCCC/C=C\C/C=C\CCCCCCC. The first-order valence-corrected chi connectivity index (χ1v) is 34.9. The first-order valence-electron chi connectivity index (χ1n) is 34.9. The maximum absolute atomic E-state index is 12.9. The van der Waals surface area contributed by atoms with Crippen LogP contribution in [0.4, 0.5) is 0 Å². The largest absolute Gasteiger partial charge is 0.462 e. The Morgan fingerprint density at radius 3 is 0.744 bits per heavy atom. The number of carbonyl (C=O) groups is 3. The number of rotatable bonds is 63. The molecule has 0 spiro atoms. The number of unbranched alkanes of at least 4 members (excludes halogenated alkanes) is 34. The van der Waals surface area contributed by atoms with Gasteiger partial charge in [-0.25, -0.2) is 0 Å². The fraction of sp³-hybridized carbons (Fsp3) is 0.724. The third-order valence-electron chi connectivity index (χ3n) is 15.0. The summed E-state index contributed by atoms with van der Waals surface area (Å²) in [5.74, 6) is -0.881. The molecule has 470 valence electrons. The number of hydrogen-bond acceptors (Lipinski definition) is 6. The second kappa shape index (κ2) is 69.6. The van der Waals surface area contributed by atoms with Crippen LogP contribution in [-0.2, 0) is 28.6 Å². The van der Waals surface area contributed by atoms with Crippen LogP contribution < -0.4 is 0 Å². The van der Waals surface area contributed by atoms with Gasteiger partial charge >= 0.3 is 17.9 Å². The van der Waals surface area contributed by atoms with Crippen LogP contribution >= 0.6 is 0 Å². The molecular weight excluding hydrogens is 1010 g/mol. The Bertz CT molecular complexity index is 1640. The fourth-order valence-corrected chi connectivity index (χ4v) is 9.81. The summed E-state index contributed by atoms with van der Waals surface area (Å²) >= 11 is 0. The summed E-state index contributed by atoms with van der Waals surface area (Å²) in [7, 11) is 0. The Morgan fingerprint density at radius 2 is 0.476 bits per heavy atom. The minimum atomic E-state index is -0.785. The van der Waals surface area contributed by atoms with Crippen LogP contribution in [0, 0.1) is 0 Å². The highest BCUT2D eigenvalue weighted by molar-refractivity contribution is 5.71. The molecule has 0 bridgehead atoms. The highest BCUT2D eigenvalue weighted by atomic mass is 16.6. The minimum Gasteiger partial charge on any atom is -0.462 e. The van der Waals surface area contributed by atoms with Crippen molar-refractivity contribution in [1.82, 2.24) is 0 Å². The Balaban J connectivity index is 4.31. The summed E-state index contributed by atoms with van der Waals surface area (Å²) in [6.07, 6.45) is 95.3. The van der Waals surface area contributed by atoms with Gasteiger partial charge in [0.15, 0.2) is 6.10 Å². The smallest absolute Gasteiger partial charge is 0.306 e. The third kappa shape index (κ3) is 66.9. The molecule has 0 aliphatic heterocycles. The molecule has 0 aliphatic rings. The number of allylic oxidation sites excluding steroid dienone is 18. The second-order valence-corrected chi connectivity index (χ2v) is 23.1. The van der Waals surface area contributed by atoms with E-state index in [-0.39, 0.29) is 31.1 Å². The van der Waals surface area contributed by atoms with Gasteiger partial charge in [0.05, 0.1) is 0 Å². The first-order chi connectivity index (χ1) is 40.5. The van der Waals surface area contributed by atoms with E-state index in [1.807, 2.05) is 0 Å². The Hall–Kier alpha value is -3.93. The van der Waals surface area contributed by atoms with Crippen LogP contribution in [0.25, 0.3) is 0 Å². The molecule has 0 aromatic heterocycles. The molecule has 0 aromatic rings. The van der Waals surface area contributed by atoms with Crippen molar-refractivity contribution in [2.75, 3.05) is 13.2 Å². The molecular formula is C76H130O6. The average molecular weight is 1140 g/mol. The summed E-state index contributed by atoms with van der Waals surface area (Å²) in [5.41, 5.74) is 0. The van der Waals surface area contributed by atoms with E-state index < -0.39 is 6.10 Å². The van der Waals surface area contributed by atoms with Gasteiger partial charge < -0.3 is 14.2 Å². The first kappa shape index (κ1) is 78.1. The monoisotopic (exact) mass is 1140 g/mol. The van der Waals surface area contributed by atoms with Crippen molar-refractivity contribution in [1.29, 1.82) is 0 Å². The van der Waals surface area contributed by atoms with E-state index in [1.54, 1.807) is 0 Å². The second-order valence-electron chi connectivity index (χ2n) is 23.1. The van der Waals surface area contributed by atoms with Crippen molar-refractivity contribution in [3.8, 4) is 0 Å². The lowest BCUT2D eigenvalue weighted by molar-refractivity contribution is -0.167. The van der Waals surface area contributed by atoms with E-state index in [0.717, 1.165) is 116 Å². The lowest BCUT2D eigenvalue weighted by Gasteiger charge is -2.18. The topological polar surface area (TPSA) is 78.9 Å². The maximum Gasteiger partial charge on any atom is 0.306 e. The van der Waals surface area contributed by atoms with Crippen LogP contribution in [-0.4, -0.2) is 37.2 Å². The van der Waals surface area contributed by atoms with E-state index in [0.29, 0.717) is 19.3 Å². The standard InChI is InChI=1S/C76H130O6/c1-4-7-10-13-16-19-22-25-27-29-31-33-35-36-37-38-39-40-42-43-45-47-49-51-54-57-60-63-66-69-75(78)81-72-73(71-80-74(77)68-65-62-59-56-53-24-21-18-15-12-9-6-3)82-76(79)70-67-64-61-58-55-52-50-48-46-44-41-34-32-30-28-26-23-20-17-14-11-8-5-2/h7,10,16,19,23,25-27,30-33,36-37,39-40,43,45,73H,4-6,8-9,11-15,17-18,20-22,24,28-29,34-35,38,41-42,44,46-72H2,1-3H3/b10-7-,19-16-,26-23-,27-25-,32-30-,33-31-,37-36-,40-39-,45-43-. The molecule has 0 N–H and O–H groups in total. The quantitative estimate of drug-likeness (QED) is 0.0261. The molecule has 0 saturated heterocycles. The zero-order valence-corrected chi connectivity index (χ0v) is 54.0. The van der Waals surface area contributed by atoms with Crippen molar-refractivity contribution >= 4 is 17.9 Å². The molecule has 0 aliphatic carbocycles. The van der Waals surface area contributed by atoms with Crippen LogP contribution in [0.2, 0.25) is 0 Å². The summed E-state index contributed by atoms with van der Waals surface area (Å²) in [5, 5.41) is 0. The molecule has 1 unspecified atom stereocenters. The molecule has 6 heteroatoms. The number of carbonyl (C=O) groups excluding carboxylic acids is 3. The van der Waals surface area contributed by atoms with E-state index in [1.165, 1.54) is 180 Å². The van der Waals surface area contributed by atoms with Gasteiger partial charge in [0.2, 0.25) is 0 Å². The highest BCUT2D eigenvalue weighted by Gasteiger charge is 2.19. The van der Waals surface area contributed by atoms with Crippen LogP contribution in [0.15, 0.2) is 109 Å². The van der Waals surface area contributed by atoms with Crippen molar-refractivity contribution in [3.63, 3.8) is 0 Å². The van der Waals surface area contributed by atoms with Gasteiger partial charge in [0, 0.05) is 19.3 Å². The number of hydrogen-bond donors (Lipinski definition) is 0. The van der Waals surface area contributed by atoms with Gasteiger partial charge in [0.1, 0.15) is 13.2 Å². The molecule has 0 aromatic carbocycles. The molecule has 0 rings (SSSR count). The molecule has 0 fully saturated rings. The van der Waals surface area contributed by atoms with Crippen LogP contribution in [0.3, 0.4) is 0 Å². The van der Waals surface area contributed by atoms with Crippen molar-refractivity contribution < 1.29 is 28.6 Å². The number of esters is 3. The predicted molar refractivity (Wildman–Crippen MR) is 357 cm³/mol.